The Labute approximate surface area is 141 Å². The number of rotatable bonds is 2. The number of fused-ring (bicyclic) bond motifs is 1. The minimum absolute atomic E-state index is 0.117. The first kappa shape index (κ1) is 15.1. The summed E-state index contributed by atoms with van der Waals surface area (Å²) in [4.78, 5) is 23.1. The van der Waals surface area contributed by atoms with Crippen molar-refractivity contribution >= 4 is 5.91 Å². The number of aryl methyl sites for hydroxylation is 1. The van der Waals surface area contributed by atoms with Crippen molar-refractivity contribution < 1.29 is 9.53 Å². The molecular weight excluding hydrogens is 302 g/mol. The summed E-state index contributed by atoms with van der Waals surface area (Å²) in [5.74, 6) is 1.43. The molecule has 2 aromatic rings. The molecule has 0 N–H and O–H groups in total. The van der Waals surface area contributed by atoms with Gasteiger partial charge in [-0.15, -0.1) is 0 Å². The Hall–Kier alpha value is -2.43. The standard InChI is InChI=1S/C19H21N3O2/c1-13-3-2-4-15-11-17(24-18(13)15)19(23)22-9-6-14(7-10-22)16-5-8-20-12-21-16/h2-5,8,12,14,17H,6-7,9-11H2,1H3. The molecule has 5 nitrogen and oxygen atoms in total. The van der Waals surface area contributed by atoms with E-state index < -0.39 is 0 Å². The number of para-hydroxylation sites is 1. The smallest absolute Gasteiger partial charge is 0.263 e. The van der Waals surface area contributed by atoms with E-state index in [0.29, 0.717) is 12.3 Å². The Balaban J connectivity index is 1.38. The zero-order valence-corrected chi connectivity index (χ0v) is 13.8. The third kappa shape index (κ3) is 2.75. The van der Waals surface area contributed by atoms with Gasteiger partial charge in [-0.1, -0.05) is 18.2 Å². The lowest BCUT2D eigenvalue weighted by Gasteiger charge is -2.33. The predicted octanol–water partition coefficient (Wildman–Crippen LogP) is 2.49. The lowest BCUT2D eigenvalue weighted by atomic mass is 9.93. The van der Waals surface area contributed by atoms with Crippen LogP contribution in [0.1, 0.15) is 35.6 Å². The maximum atomic E-state index is 12.8. The van der Waals surface area contributed by atoms with Gasteiger partial charge in [-0.2, -0.15) is 0 Å². The number of nitrogens with zero attached hydrogens (tertiary/aromatic N) is 3. The number of amides is 1. The number of carbonyl (C=O) groups is 1. The van der Waals surface area contributed by atoms with Crippen molar-refractivity contribution in [1.29, 1.82) is 0 Å². The fourth-order valence-electron chi connectivity index (χ4n) is 3.71. The average molecular weight is 323 g/mol. The number of benzene rings is 1. The Morgan fingerprint density at radius 1 is 1.25 bits per heavy atom. The molecule has 1 amide bonds. The molecule has 4 rings (SSSR count). The molecule has 0 spiro atoms. The van der Waals surface area contributed by atoms with Gasteiger partial charge >= 0.3 is 0 Å². The second-order valence-electron chi connectivity index (χ2n) is 6.61. The molecule has 0 saturated carbocycles. The zero-order valence-electron chi connectivity index (χ0n) is 13.8. The van der Waals surface area contributed by atoms with Gasteiger partial charge in [-0.25, -0.2) is 9.97 Å². The van der Waals surface area contributed by atoms with Crippen molar-refractivity contribution in [3.05, 3.63) is 53.6 Å². The van der Waals surface area contributed by atoms with Gasteiger partial charge in [0.2, 0.25) is 0 Å². The van der Waals surface area contributed by atoms with E-state index in [1.165, 1.54) is 0 Å². The van der Waals surface area contributed by atoms with Crippen molar-refractivity contribution in [2.75, 3.05) is 13.1 Å². The summed E-state index contributed by atoms with van der Waals surface area (Å²) < 4.78 is 5.95. The quantitative estimate of drug-likeness (QED) is 0.852. The van der Waals surface area contributed by atoms with Gasteiger partial charge in [0.15, 0.2) is 6.10 Å². The topological polar surface area (TPSA) is 55.3 Å². The first-order chi connectivity index (χ1) is 11.7. The summed E-state index contributed by atoms with van der Waals surface area (Å²) in [6.07, 6.45) is 5.59. The summed E-state index contributed by atoms with van der Waals surface area (Å²) in [5.41, 5.74) is 3.33. The number of carbonyl (C=O) groups excluding carboxylic acids is 1. The normalized spacial score (nSPS) is 20.5. The van der Waals surface area contributed by atoms with Gasteiger partial charge < -0.3 is 9.64 Å². The fourth-order valence-corrected chi connectivity index (χ4v) is 3.71. The number of aromatic nitrogens is 2. The number of likely N-dealkylation sites (tertiary alicyclic amines) is 1. The predicted molar refractivity (Wildman–Crippen MR) is 89.9 cm³/mol. The summed E-state index contributed by atoms with van der Waals surface area (Å²) in [6, 6.07) is 8.08. The van der Waals surface area contributed by atoms with E-state index >= 15 is 0 Å². The lowest BCUT2D eigenvalue weighted by molar-refractivity contribution is -0.139. The minimum atomic E-state index is -0.364. The summed E-state index contributed by atoms with van der Waals surface area (Å²) in [5, 5.41) is 0. The third-order valence-electron chi connectivity index (χ3n) is 5.06. The van der Waals surface area contributed by atoms with E-state index in [2.05, 4.69) is 16.0 Å². The van der Waals surface area contributed by atoms with E-state index in [0.717, 1.165) is 48.5 Å². The fraction of sp³-hybridized carbons (Fsp3) is 0.421. The van der Waals surface area contributed by atoms with Crippen molar-refractivity contribution in [2.24, 2.45) is 0 Å². The van der Waals surface area contributed by atoms with Gasteiger partial charge in [0.1, 0.15) is 12.1 Å². The summed E-state index contributed by atoms with van der Waals surface area (Å²) in [7, 11) is 0. The molecule has 0 aliphatic carbocycles. The second-order valence-corrected chi connectivity index (χ2v) is 6.61. The van der Waals surface area contributed by atoms with Crippen LogP contribution in [0.25, 0.3) is 0 Å². The van der Waals surface area contributed by atoms with E-state index in [-0.39, 0.29) is 12.0 Å². The Morgan fingerprint density at radius 3 is 2.79 bits per heavy atom. The van der Waals surface area contributed by atoms with Gasteiger partial charge in [0.05, 0.1) is 0 Å². The molecule has 1 aromatic carbocycles. The van der Waals surface area contributed by atoms with Crippen molar-refractivity contribution in [3.8, 4) is 5.75 Å². The zero-order chi connectivity index (χ0) is 16.5. The molecule has 2 aliphatic heterocycles. The number of hydrogen-bond acceptors (Lipinski definition) is 4. The highest BCUT2D eigenvalue weighted by Gasteiger charge is 2.34. The maximum absolute atomic E-state index is 12.8. The van der Waals surface area contributed by atoms with Gasteiger partial charge in [-0.3, -0.25) is 4.79 Å². The van der Waals surface area contributed by atoms with Crippen LogP contribution in [-0.2, 0) is 11.2 Å². The molecule has 24 heavy (non-hydrogen) atoms. The van der Waals surface area contributed by atoms with Crippen LogP contribution in [0.15, 0.2) is 36.8 Å². The van der Waals surface area contributed by atoms with Crippen LogP contribution in [0.3, 0.4) is 0 Å². The van der Waals surface area contributed by atoms with Gasteiger partial charge in [-0.05, 0) is 37.0 Å². The Bertz CT molecular complexity index is 740. The van der Waals surface area contributed by atoms with Crippen LogP contribution in [-0.4, -0.2) is 40.0 Å². The van der Waals surface area contributed by atoms with Crippen molar-refractivity contribution in [2.45, 2.75) is 38.2 Å². The van der Waals surface area contributed by atoms with Crippen LogP contribution in [0.2, 0.25) is 0 Å². The van der Waals surface area contributed by atoms with Gasteiger partial charge in [0.25, 0.3) is 5.91 Å². The van der Waals surface area contributed by atoms with E-state index in [1.807, 2.05) is 30.0 Å². The first-order valence-corrected chi connectivity index (χ1v) is 8.52. The highest BCUT2D eigenvalue weighted by Crippen LogP contribution is 2.33. The molecule has 1 fully saturated rings. The molecule has 2 aliphatic rings. The summed E-state index contributed by atoms with van der Waals surface area (Å²) in [6.45, 7) is 3.56. The molecule has 0 radical (unpaired) electrons. The largest absolute Gasteiger partial charge is 0.480 e. The molecule has 0 bridgehead atoms. The molecule has 1 atom stereocenters. The molecular formula is C19H21N3O2. The maximum Gasteiger partial charge on any atom is 0.263 e. The highest BCUT2D eigenvalue weighted by atomic mass is 16.5. The molecule has 1 saturated heterocycles. The van der Waals surface area contributed by atoms with Crippen LogP contribution in [0.5, 0.6) is 5.75 Å². The van der Waals surface area contributed by atoms with Crippen LogP contribution in [0, 0.1) is 6.92 Å². The Morgan fingerprint density at radius 2 is 2.08 bits per heavy atom. The molecule has 124 valence electrons. The second kappa shape index (κ2) is 6.23. The molecule has 5 heteroatoms. The van der Waals surface area contributed by atoms with E-state index in [4.69, 9.17) is 4.74 Å². The minimum Gasteiger partial charge on any atom is -0.480 e. The molecule has 1 unspecified atom stereocenters. The third-order valence-corrected chi connectivity index (χ3v) is 5.06. The number of hydrogen-bond donors (Lipinski definition) is 0. The highest BCUT2D eigenvalue weighted by molar-refractivity contribution is 5.83. The molecule has 3 heterocycles. The van der Waals surface area contributed by atoms with Crippen LogP contribution >= 0.6 is 0 Å². The first-order valence-electron chi connectivity index (χ1n) is 8.52. The lowest BCUT2D eigenvalue weighted by Crippen LogP contribution is -2.45. The van der Waals surface area contributed by atoms with E-state index in [1.54, 1.807) is 12.5 Å². The van der Waals surface area contributed by atoms with E-state index in [9.17, 15) is 4.79 Å². The van der Waals surface area contributed by atoms with Crippen molar-refractivity contribution in [3.63, 3.8) is 0 Å². The number of ether oxygens (including phenoxy) is 1. The monoisotopic (exact) mass is 323 g/mol. The van der Waals surface area contributed by atoms with Gasteiger partial charge in [0, 0.05) is 37.3 Å². The van der Waals surface area contributed by atoms with Crippen LogP contribution in [0.4, 0.5) is 0 Å². The van der Waals surface area contributed by atoms with Crippen LogP contribution < -0.4 is 4.74 Å². The van der Waals surface area contributed by atoms with Crippen molar-refractivity contribution in [1.82, 2.24) is 14.9 Å². The molecule has 1 aromatic heterocycles. The summed E-state index contributed by atoms with van der Waals surface area (Å²) >= 11 is 0. The SMILES string of the molecule is Cc1cccc2c1OC(C(=O)N1CCC(c3ccncn3)CC1)C2. The average Bonchev–Trinajstić information content (AvgIpc) is 3.08. The Kier molecular flexibility index (Phi) is 3.92. The number of piperidine rings is 1.